The molecular formula is C9H12O4. The van der Waals surface area contributed by atoms with Crippen LogP contribution in [0.1, 0.15) is 0 Å². The van der Waals surface area contributed by atoms with E-state index in [9.17, 15) is 4.79 Å². The van der Waals surface area contributed by atoms with Crippen LogP contribution in [0.2, 0.25) is 0 Å². The van der Waals surface area contributed by atoms with Crippen molar-refractivity contribution in [3.05, 3.63) is 25.3 Å². The van der Waals surface area contributed by atoms with E-state index < -0.39 is 5.97 Å². The molecule has 1 heterocycles. The quantitative estimate of drug-likeness (QED) is 0.365. The Hall–Kier alpha value is -1.13. The van der Waals surface area contributed by atoms with Crippen molar-refractivity contribution in [1.29, 1.82) is 0 Å². The first kappa shape index (κ1) is 9.95. The fraction of sp³-hybridized carbons (Fsp3) is 0.444. The second-order valence-electron chi connectivity index (χ2n) is 2.53. The first-order chi connectivity index (χ1) is 6.26. The highest BCUT2D eigenvalue weighted by Crippen LogP contribution is 2.12. The van der Waals surface area contributed by atoms with Crippen molar-refractivity contribution in [2.24, 2.45) is 0 Å². The van der Waals surface area contributed by atoms with Gasteiger partial charge in [-0.25, -0.2) is 4.79 Å². The summed E-state index contributed by atoms with van der Waals surface area (Å²) in [5.41, 5.74) is 0. The van der Waals surface area contributed by atoms with Crippen LogP contribution in [0, 0.1) is 0 Å². The maximum absolute atomic E-state index is 10.7. The molecular weight excluding hydrogens is 172 g/mol. The van der Waals surface area contributed by atoms with Gasteiger partial charge in [0.25, 0.3) is 0 Å². The average molecular weight is 184 g/mol. The molecule has 0 N–H and O–H groups in total. The molecule has 0 amide bonds. The molecule has 0 aromatic carbocycles. The molecule has 0 aliphatic carbocycles. The molecule has 4 nitrogen and oxygen atoms in total. The van der Waals surface area contributed by atoms with E-state index in [4.69, 9.17) is 14.2 Å². The predicted molar refractivity (Wildman–Crippen MR) is 46.0 cm³/mol. The smallest absolute Gasteiger partial charge is 0.330 e. The average Bonchev–Trinajstić information content (AvgIpc) is 2.61. The fourth-order valence-corrected chi connectivity index (χ4v) is 0.915. The van der Waals surface area contributed by atoms with Crippen molar-refractivity contribution in [3.8, 4) is 0 Å². The Morgan fingerprint density at radius 2 is 2.38 bits per heavy atom. The largest absolute Gasteiger partial charge is 0.460 e. The van der Waals surface area contributed by atoms with Gasteiger partial charge >= 0.3 is 5.97 Å². The summed E-state index contributed by atoms with van der Waals surface area (Å²) in [7, 11) is 0. The lowest BCUT2D eigenvalue weighted by Gasteiger charge is -2.07. The Bertz CT molecular complexity index is 212. The summed E-state index contributed by atoms with van der Waals surface area (Å²) in [6.07, 6.45) is 2.08. The number of ether oxygens (including phenoxy) is 3. The molecule has 0 spiro atoms. The maximum atomic E-state index is 10.7. The van der Waals surface area contributed by atoms with Crippen molar-refractivity contribution < 1.29 is 19.0 Å². The second kappa shape index (κ2) is 4.79. The Morgan fingerprint density at radius 3 is 2.92 bits per heavy atom. The molecule has 0 aromatic heterocycles. The van der Waals surface area contributed by atoms with Crippen molar-refractivity contribution in [2.45, 2.75) is 12.4 Å². The minimum Gasteiger partial charge on any atom is -0.460 e. The summed E-state index contributed by atoms with van der Waals surface area (Å²) in [6, 6.07) is 0. The SMILES string of the molecule is C=CC(=O)OCC1COC(C=C)O1. The number of hydrogen-bond acceptors (Lipinski definition) is 4. The van der Waals surface area contributed by atoms with Crippen LogP contribution in [0.4, 0.5) is 0 Å². The molecule has 72 valence electrons. The third-order valence-electron chi connectivity index (χ3n) is 1.54. The highest BCUT2D eigenvalue weighted by Gasteiger charge is 2.24. The molecule has 0 aromatic rings. The molecule has 13 heavy (non-hydrogen) atoms. The van der Waals surface area contributed by atoms with Gasteiger partial charge in [0.05, 0.1) is 6.61 Å². The van der Waals surface area contributed by atoms with Gasteiger partial charge in [0.2, 0.25) is 0 Å². The van der Waals surface area contributed by atoms with Crippen molar-refractivity contribution in [2.75, 3.05) is 13.2 Å². The Morgan fingerprint density at radius 1 is 1.62 bits per heavy atom. The summed E-state index contributed by atoms with van der Waals surface area (Å²) in [5, 5.41) is 0. The van der Waals surface area contributed by atoms with Crippen LogP contribution >= 0.6 is 0 Å². The van der Waals surface area contributed by atoms with E-state index in [2.05, 4.69) is 13.2 Å². The minimum absolute atomic E-state index is 0.190. The van der Waals surface area contributed by atoms with E-state index in [1.54, 1.807) is 6.08 Å². The van der Waals surface area contributed by atoms with Crippen molar-refractivity contribution >= 4 is 5.97 Å². The van der Waals surface area contributed by atoms with Gasteiger partial charge in [-0.1, -0.05) is 13.2 Å². The fourth-order valence-electron chi connectivity index (χ4n) is 0.915. The van der Waals surface area contributed by atoms with Gasteiger partial charge in [-0.2, -0.15) is 0 Å². The Balaban J connectivity index is 2.20. The van der Waals surface area contributed by atoms with E-state index >= 15 is 0 Å². The third-order valence-corrected chi connectivity index (χ3v) is 1.54. The molecule has 1 fully saturated rings. The third kappa shape index (κ3) is 3.01. The molecule has 1 aliphatic rings. The minimum atomic E-state index is -0.453. The molecule has 1 saturated heterocycles. The molecule has 0 radical (unpaired) electrons. The van der Waals surface area contributed by atoms with Gasteiger partial charge in [0, 0.05) is 6.08 Å². The van der Waals surface area contributed by atoms with Crippen LogP contribution in [-0.2, 0) is 19.0 Å². The lowest BCUT2D eigenvalue weighted by atomic mass is 10.4. The molecule has 2 unspecified atom stereocenters. The first-order valence-corrected chi connectivity index (χ1v) is 3.95. The zero-order valence-corrected chi connectivity index (χ0v) is 7.27. The molecule has 1 aliphatic heterocycles. The zero-order chi connectivity index (χ0) is 9.68. The highest BCUT2D eigenvalue weighted by molar-refractivity contribution is 5.81. The number of rotatable bonds is 4. The van der Waals surface area contributed by atoms with Crippen LogP contribution in [0.15, 0.2) is 25.3 Å². The molecule has 0 saturated carbocycles. The van der Waals surface area contributed by atoms with E-state index in [1.165, 1.54) is 0 Å². The summed E-state index contributed by atoms with van der Waals surface area (Å²) < 4.78 is 15.1. The predicted octanol–water partition coefficient (Wildman–Crippen LogP) is 0.643. The van der Waals surface area contributed by atoms with Gasteiger partial charge in [0.15, 0.2) is 6.29 Å². The standard InChI is InChI=1S/C9H12O4/c1-3-8(10)11-5-7-6-12-9(4-2)13-7/h3-4,7,9H,1-2,5-6H2. The van der Waals surface area contributed by atoms with Gasteiger partial charge in [0.1, 0.15) is 12.7 Å². The van der Waals surface area contributed by atoms with Crippen LogP contribution < -0.4 is 0 Å². The van der Waals surface area contributed by atoms with Gasteiger partial charge in [-0.3, -0.25) is 0 Å². The number of esters is 1. The lowest BCUT2D eigenvalue weighted by molar-refractivity contribution is -0.141. The first-order valence-electron chi connectivity index (χ1n) is 3.95. The van der Waals surface area contributed by atoms with Crippen LogP contribution in [0.5, 0.6) is 0 Å². The molecule has 0 bridgehead atoms. The number of carbonyl (C=O) groups is 1. The number of hydrogen-bond donors (Lipinski definition) is 0. The van der Waals surface area contributed by atoms with Gasteiger partial charge in [-0.05, 0) is 6.08 Å². The highest BCUT2D eigenvalue weighted by atomic mass is 16.7. The zero-order valence-electron chi connectivity index (χ0n) is 7.27. The summed E-state index contributed by atoms with van der Waals surface area (Å²) in [5.74, 6) is -0.453. The molecule has 1 rings (SSSR count). The van der Waals surface area contributed by atoms with Crippen molar-refractivity contribution in [3.63, 3.8) is 0 Å². The van der Waals surface area contributed by atoms with Crippen molar-refractivity contribution in [1.82, 2.24) is 0 Å². The summed E-state index contributed by atoms with van der Waals surface area (Å²) in [6.45, 7) is 7.40. The summed E-state index contributed by atoms with van der Waals surface area (Å²) >= 11 is 0. The summed E-state index contributed by atoms with van der Waals surface area (Å²) in [4.78, 5) is 10.7. The normalized spacial score (nSPS) is 26.8. The topological polar surface area (TPSA) is 44.8 Å². The second-order valence-corrected chi connectivity index (χ2v) is 2.53. The Kier molecular flexibility index (Phi) is 3.67. The van der Waals surface area contributed by atoms with E-state index in [0.717, 1.165) is 6.08 Å². The maximum Gasteiger partial charge on any atom is 0.330 e. The molecule has 2 atom stereocenters. The monoisotopic (exact) mass is 184 g/mol. The molecule has 4 heteroatoms. The van der Waals surface area contributed by atoms with Crippen LogP contribution in [0.25, 0.3) is 0 Å². The van der Waals surface area contributed by atoms with E-state index in [1.807, 2.05) is 0 Å². The van der Waals surface area contributed by atoms with Gasteiger partial charge in [-0.15, -0.1) is 0 Å². The van der Waals surface area contributed by atoms with Gasteiger partial charge < -0.3 is 14.2 Å². The van der Waals surface area contributed by atoms with E-state index in [0.29, 0.717) is 6.61 Å². The van der Waals surface area contributed by atoms with Crippen LogP contribution in [-0.4, -0.2) is 31.6 Å². The van der Waals surface area contributed by atoms with E-state index in [-0.39, 0.29) is 19.0 Å². The number of carbonyl (C=O) groups excluding carboxylic acids is 1. The lowest BCUT2D eigenvalue weighted by Crippen LogP contribution is -2.20. The Labute approximate surface area is 76.8 Å². The van der Waals surface area contributed by atoms with Crippen LogP contribution in [0.3, 0.4) is 0 Å².